The van der Waals surface area contributed by atoms with Crippen molar-refractivity contribution in [1.82, 2.24) is 10.2 Å². The number of urea groups is 1. The van der Waals surface area contributed by atoms with E-state index < -0.39 is 5.97 Å². The number of aliphatic carboxylic acids is 1. The van der Waals surface area contributed by atoms with E-state index in [1.807, 2.05) is 0 Å². The van der Waals surface area contributed by atoms with Crippen LogP contribution >= 0.6 is 0 Å². The van der Waals surface area contributed by atoms with Gasteiger partial charge in [0.1, 0.15) is 0 Å². The number of carbonyl (C=O) groups is 2. The summed E-state index contributed by atoms with van der Waals surface area (Å²) >= 11 is 0. The van der Waals surface area contributed by atoms with Gasteiger partial charge in [-0.3, -0.25) is 4.79 Å². The summed E-state index contributed by atoms with van der Waals surface area (Å²) in [5.74, 6) is -0.0435. The largest absolute Gasteiger partial charge is 0.481 e. The van der Waals surface area contributed by atoms with E-state index in [9.17, 15) is 9.59 Å². The van der Waals surface area contributed by atoms with Gasteiger partial charge in [0.15, 0.2) is 0 Å². The molecule has 0 radical (unpaired) electrons. The summed E-state index contributed by atoms with van der Waals surface area (Å²) < 4.78 is 0. The van der Waals surface area contributed by atoms with E-state index in [4.69, 9.17) is 5.11 Å². The molecule has 0 aromatic carbocycles. The average Bonchev–Trinajstić information content (AvgIpc) is 2.97. The van der Waals surface area contributed by atoms with Crippen LogP contribution in [0.15, 0.2) is 0 Å². The lowest BCUT2D eigenvalue weighted by Crippen LogP contribution is -2.45. The number of carboxylic acid groups (broad SMARTS) is 1. The second-order valence-electron chi connectivity index (χ2n) is 5.98. The van der Waals surface area contributed by atoms with Crippen molar-refractivity contribution in [3.05, 3.63) is 0 Å². The Bertz CT molecular complexity index is 340. The van der Waals surface area contributed by atoms with Crippen LogP contribution in [0, 0.1) is 11.8 Å². The fourth-order valence-corrected chi connectivity index (χ4v) is 3.29. The van der Waals surface area contributed by atoms with E-state index in [0.29, 0.717) is 19.0 Å². The van der Waals surface area contributed by atoms with E-state index in [2.05, 4.69) is 12.2 Å². The Labute approximate surface area is 114 Å². The van der Waals surface area contributed by atoms with Crippen molar-refractivity contribution < 1.29 is 14.7 Å². The van der Waals surface area contributed by atoms with Crippen LogP contribution in [0.25, 0.3) is 0 Å². The molecule has 108 valence electrons. The molecule has 2 fully saturated rings. The van der Waals surface area contributed by atoms with Gasteiger partial charge in [-0.1, -0.05) is 12.8 Å². The van der Waals surface area contributed by atoms with Crippen LogP contribution in [-0.4, -0.2) is 41.1 Å². The first-order chi connectivity index (χ1) is 9.06. The van der Waals surface area contributed by atoms with Gasteiger partial charge in [-0.05, 0) is 38.0 Å². The molecular formula is C14H24N2O3. The summed E-state index contributed by atoms with van der Waals surface area (Å²) in [5, 5.41) is 11.8. The van der Waals surface area contributed by atoms with Crippen LogP contribution in [0.5, 0.6) is 0 Å². The smallest absolute Gasteiger partial charge is 0.317 e. The SMILES string of the molecule is CC(NC(=O)N1CCC(CC(=O)O)C1)C1CCCC1. The van der Waals surface area contributed by atoms with Crippen LogP contribution in [0.2, 0.25) is 0 Å². The molecule has 2 rings (SSSR count). The van der Waals surface area contributed by atoms with Crippen LogP contribution in [0.4, 0.5) is 4.79 Å². The van der Waals surface area contributed by atoms with Crippen molar-refractivity contribution in [3.63, 3.8) is 0 Å². The van der Waals surface area contributed by atoms with Gasteiger partial charge in [-0.15, -0.1) is 0 Å². The summed E-state index contributed by atoms with van der Waals surface area (Å²) in [5.41, 5.74) is 0. The highest BCUT2D eigenvalue weighted by Crippen LogP contribution is 2.28. The fraction of sp³-hybridized carbons (Fsp3) is 0.857. The van der Waals surface area contributed by atoms with Crippen LogP contribution in [-0.2, 0) is 4.79 Å². The minimum absolute atomic E-state index is 0.0210. The number of likely N-dealkylation sites (tertiary alicyclic amines) is 1. The topological polar surface area (TPSA) is 69.6 Å². The second-order valence-corrected chi connectivity index (χ2v) is 5.98. The number of hydrogen-bond donors (Lipinski definition) is 2. The minimum atomic E-state index is -0.772. The maximum Gasteiger partial charge on any atom is 0.317 e. The summed E-state index contributed by atoms with van der Waals surface area (Å²) in [6.45, 7) is 3.34. The molecule has 1 aliphatic carbocycles. The van der Waals surface area contributed by atoms with Crippen LogP contribution in [0.3, 0.4) is 0 Å². The quantitative estimate of drug-likeness (QED) is 0.820. The van der Waals surface area contributed by atoms with Gasteiger partial charge in [0, 0.05) is 25.6 Å². The third-order valence-corrected chi connectivity index (χ3v) is 4.49. The number of hydrogen-bond acceptors (Lipinski definition) is 2. The maximum absolute atomic E-state index is 12.1. The van der Waals surface area contributed by atoms with Crippen LogP contribution < -0.4 is 5.32 Å². The zero-order valence-electron chi connectivity index (χ0n) is 11.6. The van der Waals surface area contributed by atoms with Gasteiger partial charge >= 0.3 is 12.0 Å². The molecule has 0 aromatic heterocycles. The molecule has 2 unspecified atom stereocenters. The fourth-order valence-electron chi connectivity index (χ4n) is 3.29. The highest BCUT2D eigenvalue weighted by Gasteiger charge is 2.30. The standard InChI is InChI=1S/C14H24N2O3/c1-10(12-4-2-3-5-12)15-14(19)16-7-6-11(9-16)8-13(17)18/h10-12H,2-9H2,1H3,(H,15,19)(H,17,18). The number of rotatable bonds is 4. The first kappa shape index (κ1) is 14.2. The van der Waals surface area contributed by atoms with E-state index in [1.54, 1.807) is 4.90 Å². The number of nitrogens with zero attached hydrogens (tertiary/aromatic N) is 1. The maximum atomic E-state index is 12.1. The Kier molecular flexibility index (Phi) is 4.66. The molecule has 2 amide bonds. The van der Waals surface area contributed by atoms with Crippen molar-refractivity contribution in [2.24, 2.45) is 11.8 Å². The highest BCUT2D eigenvalue weighted by molar-refractivity contribution is 5.75. The second kappa shape index (κ2) is 6.26. The van der Waals surface area contributed by atoms with Gasteiger partial charge in [-0.25, -0.2) is 4.79 Å². The lowest BCUT2D eigenvalue weighted by molar-refractivity contribution is -0.138. The molecule has 2 atom stereocenters. The Morgan fingerprint density at radius 3 is 2.63 bits per heavy atom. The van der Waals surface area contributed by atoms with Crippen molar-refractivity contribution >= 4 is 12.0 Å². The van der Waals surface area contributed by atoms with E-state index in [-0.39, 0.29) is 24.4 Å². The summed E-state index contributed by atoms with van der Waals surface area (Å²) in [6.07, 6.45) is 5.94. The predicted molar refractivity (Wildman–Crippen MR) is 71.9 cm³/mol. The molecule has 2 aliphatic rings. The third-order valence-electron chi connectivity index (χ3n) is 4.49. The highest BCUT2D eigenvalue weighted by atomic mass is 16.4. The molecular weight excluding hydrogens is 244 g/mol. The summed E-state index contributed by atoms with van der Waals surface area (Å²) in [7, 11) is 0. The third kappa shape index (κ3) is 3.85. The zero-order chi connectivity index (χ0) is 13.8. The number of carboxylic acids is 1. The van der Waals surface area contributed by atoms with Crippen LogP contribution in [0.1, 0.15) is 45.4 Å². The molecule has 19 heavy (non-hydrogen) atoms. The zero-order valence-corrected chi connectivity index (χ0v) is 11.6. The van der Waals surface area contributed by atoms with Gasteiger partial charge < -0.3 is 15.3 Å². The Balaban J connectivity index is 1.76. The first-order valence-electron chi connectivity index (χ1n) is 7.33. The van der Waals surface area contributed by atoms with Gasteiger partial charge in [0.25, 0.3) is 0 Å². The van der Waals surface area contributed by atoms with Crippen molar-refractivity contribution in [2.45, 2.75) is 51.5 Å². The average molecular weight is 268 g/mol. The molecule has 0 spiro atoms. The Morgan fingerprint density at radius 2 is 2.00 bits per heavy atom. The number of amides is 2. The molecule has 1 heterocycles. The predicted octanol–water partition coefficient (Wildman–Crippen LogP) is 2.07. The van der Waals surface area contributed by atoms with Crippen molar-refractivity contribution in [2.75, 3.05) is 13.1 Å². The summed E-state index contributed by atoms with van der Waals surface area (Å²) in [4.78, 5) is 24.5. The molecule has 5 heteroatoms. The molecule has 1 aliphatic heterocycles. The van der Waals surface area contributed by atoms with Crippen molar-refractivity contribution in [1.29, 1.82) is 0 Å². The lowest BCUT2D eigenvalue weighted by Gasteiger charge is -2.24. The van der Waals surface area contributed by atoms with Gasteiger partial charge in [-0.2, -0.15) is 0 Å². The van der Waals surface area contributed by atoms with E-state index >= 15 is 0 Å². The molecule has 1 saturated heterocycles. The lowest BCUT2D eigenvalue weighted by atomic mass is 10.0. The Morgan fingerprint density at radius 1 is 1.32 bits per heavy atom. The Hall–Kier alpha value is -1.26. The minimum Gasteiger partial charge on any atom is -0.481 e. The van der Waals surface area contributed by atoms with Crippen molar-refractivity contribution in [3.8, 4) is 0 Å². The monoisotopic (exact) mass is 268 g/mol. The molecule has 0 aromatic rings. The molecule has 0 bridgehead atoms. The van der Waals surface area contributed by atoms with Gasteiger partial charge in [0.05, 0.1) is 0 Å². The molecule has 2 N–H and O–H groups in total. The molecule has 1 saturated carbocycles. The van der Waals surface area contributed by atoms with E-state index in [0.717, 1.165) is 6.42 Å². The number of nitrogens with one attached hydrogen (secondary N) is 1. The summed E-state index contributed by atoms with van der Waals surface area (Å²) in [6, 6.07) is 0.209. The van der Waals surface area contributed by atoms with Gasteiger partial charge in [0.2, 0.25) is 0 Å². The first-order valence-corrected chi connectivity index (χ1v) is 7.33. The molecule has 5 nitrogen and oxygen atoms in total. The van der Waals surface area contributed by atoms with E-state index in [1.165, 1.54) is 25.7 Å². The number of carbonyl (C=O) groups excluding carboxylic acids is 1. The normalized spacial score (nSPS) is 25.5.